The minimum absolute atomic E-state index is 0.870. The van der Waals surface area contributed by atoms with Crippen molar-refractivity contribution in [1.29, 1.82) is 0 Å². The van der Waals surface area contributed by atoms with Crippen LogP contribution in [-0.4, -0.2) is 16.5 Å². The molecular weight excluding hydrogens is 322 g/mol. The SMILES string of the molecule is CCCc1nc(NCC)c(C)c(-c2sccc2Br)n1. The first-order chi connectivity index (χ1) is 9.17. The molecule has 0 radical (unpaired) electrons. The van der Waals surface area contributed by atoms with Crippen molar-refractivity contribution in [1.82, 2.24) is 9.97 Å². The van der Waals surface area contributed by atoms with Gasteiger partial charge in [-0.05, 0) is 47.6 Å². The van der Waals surface area contributed by atoms with E-state index in [1.165, 1.54) is 4.88 Å². The zero-order chi connectivity index (χ0) is 13.8. The van der Waals surface area contributed by atoms with E-state index in [1.54, 1.807) is 11.3 Å². The highest BCUT2D eigenvalue weighted by Crippen LogP contribution is 2.35. The molecule has 5 heteroatoms. The molecule has 1 N–H and O–H groups in total. The lowest BCUT2D eigenvalue weighted by Gasteiger charge is -2.12. The van der Waals surface area contributed by atoms with Crippen LogP contribution in [-0.2, 0) is 6.42 Å². The quantitative estimate of drug-likeness (QED) is 0.860. The van der Waals surface area contributed by atoms with Crippen molar-refractivity contribution in [3.8, 4) is 10.6 Å². The van der Waals surface area contributed by atoms with Gasteiger partial charge in [0.25, 0.3) is 0 Å². The van der Waals surface area contributed by atoms with Crippen LogP contribution in [0.1, 0.15) is 31.7 Å². The van der Waals surface area contributed by atoms with Gasteiger partial charge in [0.05, 0.1) is 10.6 Å². The Morgan fingerprint density at radius 1 is 1.32 bits per heavy atom. The molecule has 0 bridgehead atoms. The summed E-state index contributed by atoms with van der Waals surface area (Å²) in [6.07, 6.45) is 1.97. The van der Waals surface area contributed by atoms with Gasteiger partial charge in [-0.15, -0.1) is 11.3 Å². The highest BCUT2D eigenvalue weighted by molar-refractivity contribution is 9.10. The molecule has 2 aromatic heterocycles. The van der Waals surface area contributed by atoms with Crippen LogP contribution in [0.25, 0.3) is 10.6 Å². The van der Waals surface area contributed by atoms with Crippen LogP contribution in [0.3, 0.4) is 0 Å². The van der Waals surface area contributed by atoms with E-state index in [0.29, 0.717) is 0 Å². The molecule has 0 spiro atoms. The number of aromatic nitrogens is 2. The highest BCUT2D eigenvalue weighted by atomic mass is 79.9. The average molecular weight is 340 g/mol. The summed E-state index contributed by atoms with van der Waals surface area (Å²) in [6.45, 7) is 7.18. The van der Waals surface area contributed by atoms with E-state index >= 15 is 0 Å². The predicted octanol–water partition coefficient (Wildman–Crippen LogP) is 4.66. The molecule has 0 saturated heterocycles. The van der Waals surface area contributed by atoms with Crippen LogP contribution in [0, 0.1) is 6.92 Å². The first-order valence-electron chi connectivity index (χ1n) is 6.52. The third-order valence-corrected chi connectivity index (χ3v) is 4.69. The minimum atomic E-state index is 0.870. The molecule has 0 unspecified atom stereocenters. The first-order valence-corrected chi connectivity index (χ1v) is 8.19. The van der Waals surface area contributed by atoms with Gasteiger partial charge in [-0.25, -0.2) is 9.97 Å². The standard InChI is InChI=1S/C14H18BrN3S/c1-4-6-11-17-12(13-10(15)7-8-19-13)9(3)14(18-11)16-5-2/h7-8H,4-6H2,1-3H3,(H,16,17,18). The van der Waals surface area contributed by atoms with Gasteiger partial charge >= 0.3 is 0 Å². The number of thiophene rings is 1. The van der Waals surface area contributed by atoms with Gasteiger partial charge in [0.2, 0.25) is 0 Å². The fourth-order valence-corrected chi connectivity index (χ4v) is 3.53. The lowest BCUT2D eigenvalue weighted by molar-refractivity contribution is 0.833. The maximum Gasteiger partial charge on any atom is 0.133 e. The van der Waals surface area contributed by atoms with Crippen molar-refractivity contribution in [2.45, 2.75) is 33.6 Å². The third-order valence-electron chi connectivity index (χ3n) is 2.84. The fourth-order valence-electron chi connectivity index (χ4n) is 1.92. The number of halogens is 1. The lowest BCUT2D eigenvalue weighted by Crippen LogP contribution is -2.07. The summed E-state index contributed by atoms with van der Waals surface area (Å²) >= 11 is 5.30. The second-order valence-corrected chi connectivity index (χ2v) is 6.11. The number of hydrogen-bond acceptors (Lipinski definition) is 4. The largest absolute Gasteiger partial charge is 0.370 e. The number of rotatable bonds is 5. The molecular formula is C14H18BrN3S. The van der Waals surface area contributed by atoms with Crippen molar-refractivity contribution in [3.05, 3.63) is 27.3 Å². The maximum atomic E-state index is 4.74. The molecule has 0 saturated carbocycles. The average Bonchev–Trinajstić information content (AvgIpc) is 2.80. The molecule has 2 heterocycles. The minimum Gasteiger partial charge on any atom is -0.370 e. The summed E-state index contributed by atoms with van der Waals surface area (Å²) < 4.78 is 1.10. The Kier molecular flexibility index (Phi) is 4.93. The van der Waals surface area contributed by atoms with E-state index in [0.717, 1.165) is 46.8 Å². The van der Waals surface area contributed by atoms with Crippen molar-refractivity contribution in [2.75, 3.05) is 11.9 Å². The van der Waals surface area contributed by atoms with Crippen LogP contribution in [0.15, 0.2) is 15.9 Å². The molecule has 0 atom stereocenters. The number of nitrogens with zero attached hydrogens (tertiary/aromatic N) is 2. The molecule has 0 aliphatic rings. The van der Waals surface area contributed by atoms with Crippen LogP contribution < -0.4 is 5.32 Å². The molecule has 0 fully saturated rings. The van der Waals surface area contributed by atoms with Gasteiger partial charge < -0.3 is 5.32 Å². The van der Waals surface area contributed by atoms with Gasteiger partial charge in [0.1, 0.15) is 11.6 Å². The Bertz CT molecular complexity index is 566. The fraction of sp³-hybridized carbons (Fsp3) is 0.429. The summed E-state index contributed by atoms with van der Waals surface area (Å²) in [5.41, 5.74) is 2.15. The smallest absolute Gasteiger partial charge is 0.133 e. The number of hydrogen-bond donors (Lipinski definition) is 1. The van der Waals surface area contributed by atoms with E-state index in [2.05, 4.69) is 58.4 Å². The molecule has 2 rings (SSSR count). The van der Waals surface area contributed by atoms with Gasteiger partial charge in [-0.3, -0.25) is 0 Å². The summed E-state index contributed by atoms with van der Waals surface area (Å²) in [7, 11) is 0. The highest BCUT2D eigenvalue weighted by Gasteiger charge is 2.15. The third kappa shape index (κ3) is 3.15. The van der Waals surface area contributed by atoms with Crippen LogP contribution in [0.2, 0.25) is 0 Å². The summed E-state index contributed by atoms with van der Waals surface area (Å²) in [5, 5.41) is 5.41. The monoisotopic (exact) mass is 339 g/mol. The molecule has 0 aromatic carbocycles. The molecule has 19 heavy (non-hydrogen) atoms. The molecule has 0 aliphatic heterocycles. The maximum absolute atomic E-state index is 4.74. The van der Waals surface area contributed by atoms with E-state index in [-0.39, 0.29) is 0 Å². The van der Waals surface area contributed by atoms with Gasteiger partial charge in [-0.2, -0.15) is 0 Å². The van der Waals surface area contributed by atoms with Crippen molar-refractivity contribution in [2.24, 2.45) is 0 Å². The van der Waals surface area contributed by atoms with Crippen molar-refractivity contribution in [3.63, 3.8) is 0 Å². The Balaban J connectivity index is 2.55. The van der Waals surface area contributed by atoms with Gasteiger partial charge in [0, 0.05) is 23.0 Å². The second-order valence-electron chi connectivity index (χ2n) is 4.34. The first kappa shape index (κ1) is 14.5. The molecule has 0 amide bonds. The Morgan fingerprint density at radius 3 is 2.68 bits per heavy atom. The van der Waals surface area contributed by atoms with Crippen molar-refractivity contribution >= 4 is 33.1 Å². The van der Waals surface area contributed by atoms with Crippen LogP contribution in [0.5, 0.6) is 0 Å². The number of anilines is 1. The van der Waals surface area contributed by atoms with E-state index in [9.17, 15) is 0 Å². The molecule has 3 nitrogen and oxygen atoms in total. The van der Waals surface area contributed by atoms with Gasteiger partial charge in [-0.1, -0.05) is 6.92 Å². The van der Waals surface area contributed by atoms with Gasteiger partial charge in [0.15, 0.2) is 0 Å². The molecule has 102 valence electrons. The summed E-state index contributed by atoms with van der Waals surface area (Å²) in [6, 6.07) is 2.06. The van der Waals surface area contributed by atoms with E-state index < -0.39 is 0 Å². The summed E-state index contributed by atoms with van der Waals surface area (Å²) in [5.74, 6) is 1.87. The zero-order valence-corrected chi connectivity index (χ0v) is 13.9. The Hall–Kier alpha value is -0.940. The van der Waals surface area contributed by atoms with Crippen molar-refractivity contribution < 1.29 is 0 Å². The predicted molar refractivity (Wildman–Crippen MR) is 85.9 cm³/mol. The molecule has 0 aliphatic carbocycles. The number of nitrogens with one attached hydrogen (secondary N) is 1. The Morgan fingerprint density at radius 2 is 2.11 bits per heavy atom. The lowest BCUT2D eigenvalue weighted by atomic mass is 10.2. The second kappa shape index (κ2) is 6.48. The number of aryl methyl sites for hydroxylation is 1. The van der Waals surface area contributed by atoms with E-state index in [1.807, 2.05) is 0 Å². The van der Waals surface area contributed by atoms with Crippen LogP contribution >= 0.6 is 27.3 Å². The van der Waals surface area contributed by atoms with Crippen LogP contribution in [0.4, 0.5) is 5.82 Å². The molecule has 2 aromatic rings. The topological polar surface area (TPSA) is 37.8 Å². The Labute approximate surface area is 126 Å². The zero-order valence-electron chi connectivity index (χ0n) is 11.5. The normalized spacial score (nSPS) is 10.7. The van der Waals surface area contributed by atoms with E-state index in [4.69, 9.17) is 4.98 Å². The summed E-state index contributed by atoms with van der Waals surface area (Å²) in [4.78, 5) is 10.5.